The van der Waals surface area contributed by atoms with Gasteiger partial charge in [-0.3, -0.25) is 0 Å². The number of rotatable bonds is 1. The molecule has 0 aliphatic carbocycles. The quantitative estimate of drug-likeness (QED) is 0.387. The molecule has 0 radical (unpaired) electrons. The first-order valence-corrected chi connectivity index (χ1v) is 3.53. The van der Waals surface area contributed by atoms with Gasteiger partial charge in [-0.25, -0.2) is 0 Å². The maximum absolute atomic E-state index is 11.5. The maximum atomic E-state index is 11.5. The largest absolute Gasteiger partial charge is 0.440 e. The fourth-order valence-electron chi connectivity index (χ4n) is 0.346. The molecule has 0 saturated carbocycles. The molecule has 0 unspecified atom stereocenters. The van der Waals surface area contributed by atoms with E-state index in [1.165, 1.54) is 9.57 Å². The lowest BCUT2D eigenvalue weighted by Crippen LogP contribution is -2.36. The van der Waals surface area contributed by atoms with Crippen molar-refractivity contribution in [2.75, 3.05) is 0 Å². The predicted molar refractivity (Wildman–Crippen MR) is 31.6 cm³/mol. The van der Waals surface area contributed by atoms with Crippen LogP contribution in [0.1, 0.15) is 0 Å². The lowest BCUT2D eigenvalue weighted by Gasteiger charge is -2.11. The third-order valence-electron chi connectivity index (χ3n) is 0.740. The highest BCUT2D eigenvalue weighted by atomic mass is 32.2. The van der Waals surface area contributed by atoms with Gasteiger partial charge in [-0.2, -0.15) is 26.3 Å². The molecule has 2 nitrogen and oxygen atoms in total. The van der Waals surface area contributed by atoms with Crippen LogP contribution < -0.4 is 0 Å². The monoisotopic (exact) mass is 248 g/mol. The minimum absolute atomic E-state index is 1.42. The van der Waals surface area contributed by atoms with E-state index in [0.717, 1.165) is 0 Å². The van der Waals surface area contributed by atoms with E-state index >= 15 is 0 Å². The molecule has 0 spiro atoms. The SMILES string of the molecule is FS(F)=NN=C(C(F)(F)F)C(F)(F)F. The van der Waals surface area contributed by atoms with Gasteiger partial charge in [0.25, 0.3) is 11.5 Å². The lowest BCUT2D eigenvalue weighted by atomic mass is 10.3. The van der Waals surface area contributed by atoms with Gasteiger partial charge in [-0.1, -0.05) is 4.47 Å². The second-order valence-electron chi connectivity index (χ2n) is 1.72. The molecule has 0 saturated heterocycles. The minimum atomic E-state index is -5.86. The molecule has 0 aromatic rings. The van der Waals surface area contributed by atoms with Crippen molar-refractivity contribution < 1.29 is 34.1 Å². The van der Waals surface area contributed by atoms with Crippen LogP contribution >= 0.6 is 0 Å². The summed E-state index contributed by atoms with van der Waals surface area (Å²) in [7, 11) is 0. The molecule has 84 valence electrons. The zero-order chi connectivity index (χ0) is 11.6. The molecule has 0 aromatic carbocycles. The third kappa shape index (κ3) is 4.48. The summed E-state index contributed by atoms with van der Waals surface area (Å²) in [5, 5.41) is 1.42. The highest BCUT2D eigenvalue weighted by Crippen LogP contribution is 2.30. The standard InChI is InChI=1S/C3F8N2S/c4-2(5,6)1(3(7,8)9)12-13-14(10)11. The van der Waals surface area contributed by atoms with Crippen molar-refractivity contribution in [2.24, 2.45) is 9.57 Å². The van der Waals surface area contributed by atoms with Gasteiger partial charge < -0.3 is 0 Å². The van der Waals surface area contributed by atoms with Crippen LogP contribution in [0.25, 0.3) is 0 Å². The van der Waals surface area contributed by atoms with Gasteiger partial charge in [0.2, 0.25) is 5.71 Å². The van der Waals surface area contributed by atoms with Gasteiger partial charge in [-0.15, -0.1) is 12.9 Å². The molecule has 0 heterocycles. The Hall–Kier alpha value is -0.740. The average Bonchev–Trinajstić information content (AvgIpc) is 1.78. The molecular weight excluding hydrogens is 248 g/mol. The summed E-state index contributed by atoms with van der Waals surface area (Å²) in [5.74, 6) is 0. The van der Waals surface area contributed by atoms with E-state index in [9.17, 15) is 34.1 Å². The first kappa shape index (κ1) is 13.3. The predicted octanol–water partition coefficient (Wildman–Crippen LogP) is 3.04. The van der Waals surface area contributed by atoms with E-state index < -0.39 is 29.5 Å². The molecule has 14 heavy (non-hydrogen) atoms. The van der Waals surface area contributed by atoms with Gasteiger partial charge in [0.15, 0.2) is 0 Å². The Labute approximate surface area is 74.3 Å². The van der Waals surface area contributed by atoms with Gasteiger partial charge in [0.1, 0.15) is 0 Å². The summed E-state index contributed by atoms with van der Waals surface area (Å²) in [4.78, 5) is 0. The van der Waals surface area contributed by atoms with Crippen LogP contribution in [0.5, 0.6) is 0 Å². The molecule has 11 heteroatoms. The number of hydrogen-bond donors (Lipinski definition) is 0. The van der Waals surface area contributed by atoms with Crippen molar-refractivity contribution in [3.05, 3.63) is 0 Å². The van der Waals surface area contributed by atoms with Gasteiger partial charge in [-0.05, 0) is 0 Å². The summed E-state index contributed by atoms with van der Waals surface area (Å²) in [6.07, 6.45) is -11.7. The van der Waals surface area contributed by atoms with Crippen LogP contribution in [0.3, 0.4) is 0 Å². The summed E-state index contributed by atoms with van der Waals surface area (Å²) in [5.41, 5.74) is -3.31. The highest BCUT2D eigenvalue weighted by molar-refractivity contribution is 7.76. The Bertz CT molecular complexity index is 241. The second-order valence-corrected chi connectivity index (χ2v) is 2.28. The summed E-state index contributed by atoms with van der Waals surface area (Å²) in [6, 6.07) is 0. The number of hydrogen-bond acceptors (Lipinski definition) is 1. The number of alkyl halides is 6. The number of nitrogens with zero attached hydrogens (tertiary/aromatic N) is 2. The lowest BCUT2D eigenvalue weighted by molar-refractivity contribution is -0.118. The van der Waals surface area contributed by atoms with Crippen LogP contribution in [0.15, 0.2) is 9.57 Å². The van der Waals surface area contributed by atoms with Crippen molar-refractivity contribution >= 4 is 17.2 Å². The molecule has 0 aromatic heterocycles. The Morgan fingerprint density at radius 1 is 0.857 bits per heavy atom. The van der Waals surface area contributed by atoms with Gasteiger partial charge >= 0.3 is 12.4 Å². The molecule has 0 rings (SSSR count). The van der Waals surface area contributed by atoms with E-state index in [4.69, 9.17) is 0 Å². The van der Waals surface area contributed by atoms with Crippen molar-refractivity contribution in [2.45, 2.75) is 12.4 Å². The van der Waals surface area contributed by atoms with Gasteiger partial charge in [0.05, 0.1) is 0 Å². The van der Waals surface area contributed by atoms with E-state index in [1.807, 2.05) is 0 Å². The zero-order valence-electron chi connectivity index (χ0n) is 5.83. The van der Waals surface area contributed by atoms with E-state index in [-0.39, 0.29) is 0 Å². The van der Waals surface area contributed by atoms with Crippen LogP contribution in [-0.2, 0) is 11.5 Å². The molecule has 0 atom stereocenters. The molecule has 0 aliphatic rings. The van der Waals surface area contributed by atoms with Gasteiger partial charge in [0, 0.05) is 0 Å². The van der Waals surface area contributed by atoms with E-state index in [0.29, 0.717) is 0 Å². The summed E-state index contributed by atoms with van der Waals surface area (Å²) < 4.78 is 93.0. The van der Waals surface area contributed by atoms with Crippen LogP contribution in [0.2, 0.25) is 0 Å². The van der Waals surface area contributed by atoms with Crippen LogP contribution in [-0.4, -0.2) is 18.1 Å². The maximum Gasteiger partial charge on any atom is 0.440 e. The van der Waals surface area contributed by atoms with E-state index in [1.54, 1.807) is 0 Å². The minimum Gasteiger partial charge on any atom is -0.164 e. The average molecular weight is 248 g/mol. The summed E-state index contributed by atoms with van der Waals surface area (Å²) >= 11 is -3.97. The van der Waals surface area contributed by atoms with Crippen LogP contribution in [0, 0.1) is 0 Å². The topological polar surface area (TPSA) is 24.7 Å². The Kier molecular flexibility index (Phi) is 3.97. The Balaban J connectivity index is 5.15. The smallest absolute Gasteiger partial charge is 0.164 e. The first-order chi connectivity index (χ1) is 6.05. The van der Waals surface area contributed by atoms with Crippen molar-refractivity contribution in [3.63, 3.8) is 0 Å². The van der Waals surface area contributed by atoms with Crippen molar-refractivity contribution in [1.82, 2.24) is 0 Å². The molecule has 0 amide bonds. The van der Waals surface area contributed by atoms with Crippen molar-refractivity contribution in [1.29, 1.82) is 0 Å². The fraction of sp³-hybridized carbons (Fsp3) is 0.667. The molecular formula is C3F8N2S. The van der Waals surface area contributed by atoms with Crippen LogP contribution in [0.4, 0.5) is 34.1 Å². The molecule has 0 N–H and O–H groups in total. The second kappa shape index (κ2) is 4.19. The first-order valence-electron chi connectivity index (χ1n) is 2.55. The van der Waals surface area contributed by atoms with E-state index in [2.05, 4.69) is 0 Å². The molecule has 0 bridgehead atoms. The third-order valence-corrected chi connectivity index (χ3v) is 0.945. The Morgan fingerprint density at radius 3 is 1.43 bits per heavy atom. The number of halogens is 8. The van der Waals surface area contributed by atoms with Crippen molar-refractivity contribution in [3.8, 4) is 0 Å². The zero-order valence-corrected chi connectivity index (χ0v) is 6.64. The molecule has 0 aliphatic heterocycles. The Morgan fingerprint density at radius 2 is 1.21 bits per heavy atom. The molecule has 0 fully saturated rings. The normalized spacial score (nSPS) is 12.9. The highest BCUT2D eigenvalue weighted by Gasteiger charge is 2.53. The summed E-state index contributed by atoms with van der Waals surface area (Å²) in [6.45, 7) is 0. The fourth-order valence-corrected chi connectivity index (χ4v) is 0.489.